The quantitative estimate of drug-likeness (QED) is 0.0488. The number of pyridine rings is 1. The number of β-amino-alcohol motifs (C(OH)–C–C–N with tert-alkyl or cyclic N) is 1. The number of hydrogen-bond acceptors (Lipinski definition) is 13. The SMILES string of the molecule is Cc1ncsc1-c1ccc(CNC(=O)[C@@H]2C[C@@H](O)CN2C(=O)[C@@H](NC(=O)COCCOCCN2CCC(n3cc(-c4cnc(N)c(O[C@H](C)c5c(Cl)ccc(F)c5Cl)c4)cn3)CC2)C(C)(C)C)cc1. The van der Waals surface area contributed by atoms with Gasteiger partial charge in [0.05, 0.1) is 59.3 Å². The van der Waals surface area contributed by atoms with E-state index in [9.17, 15) is 23.9 Å². The normalized spacial score (nSPS) is 17.7. The van der Waals surface area contributed by atoms with Crippen molar-refractivity contribution in [1.29, 1.82) is 0 Å². The Morgan fingerprint density at radius 1 is 1.00 bits per heavy atom. The van der Waals surface area contributed by atoms with E-state index in [1.807, 2.05) is 68.3 Å². The summed E-state index contributed by atoms with van der Waals surface area (Å²) in [5.41, 5.74) is 12.1. The van der Waals surface area contributed by atoms with Crippen LogP contribution in [0.2, 0.25) is 10.0 Å². The van der Waals surface area contributed by atoms with Gasteiger partial charge < -0.3 is 45.5 Å². The lowest BCUT2D eigenvalue weighted by Crippen LogP contribution is -2.58. The van der Waals surface area contributed by atoms with Crippen LogP contribution in [0, 0.1) is 18.2 Å². The fourth-order valence-corrected chi connectivity index (χ4v) is 10.0. The number of nitrogens with one attached hydrogen (secondary N) is 2. The van der Waals surface area contributed by atoms with Crippen LogP contribution in [0.3, 0.4) is 0 Å². The molecule has 7 rings (SSSR count). The van der Waals surface area contributed by atoms with Gasteiger partial charge in [0, 0.05) is 73.3 Å². The van der Waals surface area contributed by atoms with E-state index in [0.717, 1.165) is 65.3 Å². The highest BCUT2D eigenvalue weighted by atomic mass is 35.5. The molecule has 16 nitrogen and oxygen atoms in total. The van der Waals surface area contributed by atoms with Gasteiger partial charge in [0.15, 0.2) is 11.6 Å². The summed E-state index contributed by atoms with van der Waals surface area (Å²) in [6, 6.07) is 10.6. The summed E-state index contributed by atoms with van der Waals surface area (Å²) in [6.07, 6.45) is 5.73. The second-order valence-corrected chi connectivity index (χ2v) is 20.2. The number of ether oxygens (including phenoxy) is 3. The highest BCUT2D eigenvalue weighted by Gasteiger charge is 2.44. The Hall–Kier alpha value is -5.21. The molecule has 5 N–H and O–H groups in total. The van der Waals surface area contributed by atoms with Gasteiger partial charge in [0.25, 0.3) is 0 Å². The zero-order valence-electron chi connectivity index (χ0n) is 39.4. The van der Waals surface area contributed by atoms with Gasteiger partial charge in [-0.1, -0.05) is 68.2 Å². The molecule has 0 aliphatic carbocycles. The van der Waals surface area contributed by atoms with E-state index >= 15 is 0 Å². The van der Waals surface area contributed by atoms with E-state index in [0.29, 0.717) is 17.9 Å². The van der Waals surface area contributed by atoms with Crippen LogP contribution in [0.25, 0.3) is 21.6 Å². The molecule has 5 heterocycles. The van der Waals surface area contributed by atoms with Crippen LogP contribution >= 0.6 is 34.5 Å². The molecule has 0 radical (unpaired) electrons. The second-order valence-electron chi connectivity index (χ2n) is 18.5. The second kappa shape index (κ2) is 23.1. The molecule has 4 atom stereocenters. The minimum absolute atomic E-state index is 0.0172. The highest BCUT2D eigenvalue weighted by molar-refractivity contribution is 7.13. The van der Waals surface area contributed by atoms with Gasteiger partial charge in [-0.2, -0.15) is 5.10 Å². The average molecular weight is 1010 g/mol. The summed E-state index contributed by atoms with van der Waals surface area (Å²) in [5, 5.41) is 21.1. The van der Waals surface area contributed by atoms with E-state index in [2.05, 4.69) is 30.6 Å². The van der Waals surface area contributed by atoms with Crippen molar-refractivity contribution in [3.63, 3.8) is 0 Å². The minimum Gasteiger partial charge on any atom is -0.482 e. The van der Waals surface area contributed by atoms with Crippen molar-refractivity contribution < 1.29 is 38.1 Å². The summed E-state index contributed by atoms with van der Waals surface area (Å²) in [5.74, 6) is -1.40. The first-order chi connectivity index (χ1) is 33.0. The maximum atomic E-state index is 14.2. The van der Waals surface area contributed by atoms with Gasteiger partial charge in [0.2, 0.25) is 17.7 Å². The van der Waals surface area contributed by atoms with Crippen molar-refractivity contribution in [3.8, 4) is 27.3 Å². The van der Waals surface area contributed by atoms with E-state index in [1.165, 1.54) is 17.0 Å². The van der Waals surface area contributed by atoms with Crippen LogP contribution < -0.4 is 21.1 Å². The van der Waals surface area contributed by atoms with Crippen molar-refractivity contribution in [2.45, 2.75) is 90.8 Å². The van der Waals surface area contributed by atoms with Crippen molar-refractivity contribution in [2.75, 3.05) is 58.3 Å². The Morgan fingerprint density at radius 3 is 2.45 bits per heavy atom. The van der Waals surface area contributed by atoms with Crippen LogP contribution in [-0.2, 0) is 30.4 Å². The number of piperidine rings is 1. The molecule has 2 aromatic carbocycles. The number of anilines is 1. The monoisotopic (exact) mass is 1010 g/mol. The van der Waals surface area contributed by atoms with Crippen LogP contribution in [0.4, 0.5) is 10.2 Å². The number of hydrogen-bond donors (Lipinski definition) is 4. The molecule has 3 aromatic heterocycles. The van der Waals surface area contributed by atoms with Gasteiger partial charge in [-0.05, 0) is 61.4 Å². The minimum atomic E-state index is -0.965. The Morgan fingerprint density at radius 2 is 1.74 bits per heavy atom. The zero-order valence-corrected chi connectivity index (χ0v) is 41.8. The largest absolute Gasteiger partial charge is 0.482 e. The van der Waals surface area contributed by atoms with Gasteiger partial charge in [0.1, 0.15) is 30.6 Å². The fraction of sp³-hybridized carbons (Fsp3) is 0.469. The number of nitrogens with zero attached hydrogens (tertiary/aromatic N) is 6. The zero-order chi connectivity index (χ0) is 49.4. The average Bonchev–Trinajstić information content (AvgIpc) is 4.09. The molecule has 2 aliphatic heterocycles. The van der Waals surface area contributed by atoms with E-state index in [-0.39, 0.29) is 67.1 Å². The van der Waals surface area contributed by atoms with Crippen LogP contribution in [0.15, 0.2) is 66.6 Å². The lowest BCUT2D eigenvalue weighted by molar-refractivity contribution is -0.144. The first-order valence-corrected chi connectivity index (χ1v) is 24.6. The predicted molar refractivity (Wildman–Crippen MR) is 263 cm³/mol. The predicted octanol–water partition coefficient (Wildman–Crippen LogP) is 7.02. The summed E-state index contributed by atoms with van der Waals surface area (Å²) in [7, 11) is 0. The number of rotatable bonds is 19. The van der Waals surface area contributed by atoms with Crippen molar-refractivity contribution in [3.05, 3.63) is 99.2 Å². The Bertz CT molecular complexity index is 2570. The van der Waals surface area contributed by atoms with Crippen LogP contribution in [0.5, 0.6) is 5.75 Å². The highest BCUT2D eigenvalue weighted by Crippen LogP contribution is 2.37. The third-order valence-corrected chi connectivity index (χ3v) is 14.1. The fourth-order valence-electron chi connectivity index (χ4n) is 8.53. The standard InChI is InChI=1S/C49H60Cl2FN9O7S/c1-29-44(69-28-56-29)32-8-6-31(7-9-32)22-55-47(64)39-21-36(62)26-60(39)48(65)45(49(3,4)5)58-41(63)27-67-19-18-66-17-16-59-14-12-35(13-15-59)61-25-34(24-57-61)33-20-40(46(53)54-23-33)68-30(2)42-37(50)10-11-38(52)43(42)51/h6-11,20,23-25,28,30,35-36,39,45,62H,12-19,21-22,26-27H2,1-5H3,(H2,53,54)(H,55,64)(H,58,63)/t30-,36-,39+,45-/m1/s1. The molecule has 0 saturated carbocycles. The van der Waals surface area contributed by atoms with Gasteiger partial charge in [-0.15, -0.1) is 11.3 Å². The van der Waals surface area contributed by atoms with Crippen LogP contribution in [0.1, 0.15) is 75.9 Å². The first kappa shape index (κ1) is 51.6. The lowest BCUT2D eigenvalue weighted by atomic mass is 9.85. The topological polar surface area (TPSA) is 199 Å². The molecule has 2 saturated heterocycles. The first-order valence-electron chi connectivity index (χ1n) is 23.0. The molecule has 20 heteroatoms. The number of nitrogens with two attached hydrogens (primary N) is 1. The van der Waals surface area contributed by atoms with E-state index < -0.39 is 47.3 Å². The Labute approximate surface area is 415 Å². The molecule has 69 heavy (non-hydrogen) atoms. The van der Waals surface area contributed by atoms with Gasteiger partial charge >= 0.3 is 0 Å². The number of carbonyl (C=O) groups is 3. The summed E-state index contributed by atoms with van der Waals surface area (Å²) in [6.45, 7) is 12.6. The number of likely N-dealkylation sites (tertiary alicyclic amines) is 2. The summed E-state index contributed by atoms with van der Waals surface area (Å²) >= 11 is 14.1. The maximum Gasteiger partial charge on any atom is 0.246 e. The van der Waals surface area contributed by atoms with Crippen molar-refractivity contribution in [2.24, 2.45) is 5.41 Å². The number of aryl methyl sites for hydroxylation is 1. The van der Waals surface area contributed by atoms with E-state index in [1.54, 1.807) is 36.7 Å². The van der Waals surface area contributed by atoms with E-state index in [4.69, 9.17) is 43.1 Å². The molecule has 0 bridgehead atoms. The number of thiazole rings is 1. The third-order valence-electron chi connectivity index (χ3n) is 12.4. The smallest absolute Gasteiger partial charge is 0.246 e. The van der Waals surface area contributed by atoms with Gasteiger partial charge in [-0.25, -0.2) is 14.4 Å². The Kier molecular flexibility index (Phi) is 17.3. The lowest BCUT2D eigenvalue weighted by Gasteiger charge is -2.35. The molecular weight excluding hydrogens is 949 g/mol. The molecule has 3 amide bonds. The molecular formula is C49H60Cl2FN9O7S. The molecule has 2 fully saturated rings. The van der Waals surface area contributed by atoms with Crippen molar-refractivity contribution in [1.82, 2.24) is 40.2 Å². The summed E-state index contributed by atoms with van der Waals surface area (Å²) < 4.78 is 33.7. The number of nitrogen functional groups attached to an aromatic ring is 1. The number of aliphatic hydroxyl groups excluding tert-OH is 1. The molecule has 370 valence electrons. The van der Waals surface area contributed by atoms with Gasteiger partial charge in [-0.3, -0.25) is 19.1 Å². The third kappa shape index (κ3) is 13.2. The molecule has 2 aliphatic rings. The number of aromatic nitrogens is 4. The number of aliphatic hydroxyl groups is 1. The molecule has 0 unspecified atom stereocenters. The molecule has 5 aromatic rings. The Balaban J connectivity index is 0.796. The maximum absolute atomic E-state index is 14.2. The summed E-state index contributed by atoms with van der Waals surface area (Å²) in [4.78, 5) is 53.9. The number of carbonyl (C=O) groups excluding carboxylic acids is 3. The van der Waals surface area contributed by atoms with Crippen molar-refractivity contribution >= 4 is 58.1 Å². The number of benzene rings is 2. The van der Waals surface area contributed by atoms with Crippen LogP contribution in [-0.4, -0.2) is 123 Å². The number of amides is 3. The molecule has 0 spiro atoms. The number of halogens is 3.